The first kappa shape index (κ1) is 19.0. The summed E-state index contributed by atoms with van der Waals surface area (Å²) < 4.78 is 0. The van der Waals surface area contributed by atoms with Gasteiger partial charge in [0.25, 0.3) is 5.91 Å². The maximum Gasteiger partial charge on any atom is 0.325 e. The minimum Gasteiger partial charge on any atom is -0.348 e. The zero-order valence-electron chi connectivity index (χ0n) is 16.5. The Labute approximate surface area is 166 Å². The molecule has 1 spiro atoms. The normalized spacial score (nSPS) is 29.5. The van der Waals surface area contributed by atoms with E-state index in [1.54, 1.807) is 0 Å². The zero-order valence-corrected chi connectivity index (χ0v) is 16.5. The van der Waals surface area contributed by atoms with E-state index in [9.17, 15) is 14.4 Å². The molecule has 0 unspecified atom stereocenters. The van der Waals surface area contributed by atoms with Crippen LogP contribution in [-0.2, 0) is 16.0 Å². The molecule has 0 radical (unpaired) electrons. The molecule has 1 aliphatic heterocycles. The van der Waals surface area contributed by atoms with Crippen LogP contribution in [0, 0.1) is 5.92 Å². The second-order valence-corrected chi connectivity index (χ2v) is 8.47. The number of carbonyl (C=O) groups is 3. The number of urea groups is 1. The predicted molar refractivity (Wildman–Crippen MR) is 105 cm³/mol. The second kappa shape index (κ2) is 7.57. The Balaban J connectivity index is 1.40. The number of amides is 4. The monoisotopic (exact) mass is 383 g/mol. The molecule has 3 aliphatic rings. The Bertz CT molecular complexity index is 783. The quantitative estimate of drug-likeness (QED) is 0.785. The molecule has 4 rings (SSSR count). The first-order valence-electron chi connectivity index (χ1n) is 10.5. The third-order valence-electron chi connectivity index (χ3n) is 6.79. The molecule has 1 saturated carbocycles. The fraction of sp³-hybridized carbons (Fsp3) is 0.591. The summed E-state index contributed by atoms with van der Waals surface area (Å²) >= 11 is 0. The topological polar surface area (TPSA) is 78.5 Å². The fourth-order valence-corrected chi connectivity index (χ4v) is 5.02. The molecule has 4 amide bonds. The highest BCUT2D eigenvalue weighted by Crippen LogP contribution is 2.37. The molecule has 6 nitrogen and oxygen atoms in total. The summed E-state index contributed by atoms with van der Waals surface area (Å²) in [4.78, 5) is 39.2. The number of hydrogen-bond acceptors (Lipinski definition) is 3. The van der Waals surface area contributed by atoms with Gasteiger partial charge in [0.1, 0.15) is 12.1 Å². The molecule has 1 saturated heterocycles. The number of aryl methyl sites for hydroxylation is 1. The van der Waals surface area contributed by atoms with Gasteiger partial charge in [-0.05, 0) is 62.0 Å². The smallest absolute Gasteiger partial charge is 0.325 e. The summed E-state index contributed by atoms with van der Waals surface area (Å²) in [7, 11) is 0. The van der Waals surface area contributed by atoms with Gasteiger partial charge in [-0.3, -0.25) is 14.5 Å². The summed E-state index contributed by atoms with van der Waals surface area (Å²) in [5.41, 5.74) is 1.62. The summed E-state index contributed by atoms with van der Waals surface area (Å²) in [6.07, 6.45) is 7.26. The summed E-state index contributed by atoms with van der Waals surface area (Å²) in [6.45, 7) is 1.96. The third-order valence-corrected chi connectivity index (χ3v) is 6.79. The van der Waals surface area contributed by atoms with Crippen LogP contribution in [0.4, 0.5) is 4.79 Å². The number of imide groups is 1. The Morgan fingerprint density at radius 3 is 2.71 bits per heavy atom. The van der Waals surface area contributed by atoms with Crippen LogP contribution in [0.3, 0.4) is 0 Å². The molecule has 0 bridgehead atoms. The van der Waals surface area contributed by atoms with E-state index < -0.39 is 11.6 Å². The lowest BCUT2D eigenvalue weighted by Crippen LogP contribution is -2.50. The number of benzene rings is 1. The maximum absolute atomic E-state index is 13.0. The van der Waals surface area contributed by atoms with E-state index in [1.807, 2.05) is 18.2 Å². The second-order valence-electron chi connectivity index (χ2n) is 8.47. The van der Waals surface area contributed by atoms with Crippen LogP contribution < -0.4 is 10.6 Å². The van der Waals surface area contributed by atoms with Crippen molar-refractivity contribution in [2.75, 3.05) is 6.54 Å². The van der Waals surface area contributed by atoms with Crippen molar-refractivity contribution in [1.82, 2.24) is 15.5 Å². The third kappa shape index (κ3) is 3.40. The van der Waals surface area contributed by atoms with E-state index >= 15 is 0 Å². The van der Waals surface area contributed by atoms with Gasteiger partial charge in [0, 0.05) is 0 Å². The van der Waals surface area contributed by atoms with Crippen molar-refractivity contribution in [2.24, 2.45) is 5.92 Å². The Kier molecular flexibility index (Phi) is 5.13. The summed E-state index contributed by atoms with van der Waals surface area (Å²) in [5, 5.41) is 5.93. The van der Waals surface area contributed by atoms with E-state index in [0.29, 0.717) is 18.8 Å². The van der Waals surface area contributed by atoms with Crippen molar-refractivity contribution in [1.29, 1.82) is 0 Å². The molecule has 0 aromatic heterocycles. The number of hydrogen-bond donors (Lipinski definition) is 2. The van der Waals surface area contributed by atoms with E-state index in [1.165, 1.54) is 5.56 Å². The lowest BCUT2D eigenvalue weighted by molar-refractivity contribution is -0.136. The SMILES string of the molecule is CCC1CCC2(CC1)NC(=O)N(CC(=O)N[C@H]1CCCc3ccccc31)C2=O. The van der Waals surface area contributed by atoms with Crippen molar-refractivity contribution in [3.8, 4) is 0 Å². The first-order chi connectivity index (χ1) is 13.5. The lowest BCUT2D eigenvalue weighted by atomic mass is 9.75. The standard InChI is InChI=1S/C22H29N3O3/c1-2-15-10-12-22(13-11-15)20(27)25(21(28)24-22)14-19(26)23-18-9-5-7-16-6-3-4-8-17(16)18/h3-4,6,8,15,18H,2,5,7,9-14H2,1H3,(H,23,26)(H,24,28)/t15?,18-,22?/m0/s1. The number of fused-ring (bicyclic) bond motifs is 1. The summed E-state index contributed by atoms with van der Waals surface area (Å²) in [6, 6.07) is 7.67. The highest BCUT2D eigenvalue weighted by molar-refractivity contribution is 6.09. The maximum atomic E-state index is 13.0. The highest BCUT2D eigenvalue weighted by Gasteiger charge is 2.52. The van der Waals surface area contributed by atoms with Gasteiger partial charge < -0.3 is 10.6 Å². The Morgan fingerprint density at radius 1 is 1.21 bits per heavy atom. The fourth-order valence-electron chi connectivity index (χ4n) is 5.02. The van der Waals surface area contributed by atoms with Crippen LogP contribution in [0.1, 0.15) is 69.0 Å². The molecule has 1 aromatic rings. The van der Waals surface area contributed by atoms with Crippen molar-refractivity contribution >= 4 is 17.8 Å². The molecule has 1 heterocycles. The van der Waals surface area contributed by atoms with E-state index in [4.69, 9.17) is 0 Å². The first-order valence-corrected chi connectivity index (χ1v) is 10.5. The van der Waals surface area contributed by atoms with Crippen LogP contribution in [0.2, 0.25) is 0 Å². The predicted octanol–water partition coefficient (Wildman–Crippen LogP) is 3.07. The Morgan fingerprint density at radius 2 is 1.96 bits per heavy atom. The average Bonchev–Trinajstić information content (AvgIpc) is 2.93. The van der Waals surface area contributed by atoms with Gasteiger partial charge >= 0.3 is 6.03 Å². The average molecular weight is 383 g/mol. The molecular formula is C22H29N3O3. The van der Waals surface area contributed by atoms with Crippen LogP contribution in [0.15, 0.2) is 24.3 Å². The number of carbonyl (C=O) groups excluding carboxylic acids is 3. The molecule has 28 heavy (non-hydrogen) atoms. The van der Waals surface area contributed by atoms with E-state index in [2.05, 4.69) is 23.6 Å². The Hall–Kier alpha value is -2.37. The van der Waals surface area contributed by atoms with Crippen LogP contribution in [0.25, 0.3) is 0 Å². The molecule has 6 heteroatoms. The van der Waals surface area contributed by atoms with Gasteiger partial charge in [-0.25, -0.2) is 4.79 Å². The highest BCUT2D eigenvalue weighted by atomic mass is 16.2. The van der Waals surface area contributed by atoms with Gasteiger partial charge in [0.15, 0.2) is 0 Å². The van der Waals surface area contributed by atoms with Gasteiger partial charge in [-0.1, -0.05) is 37.6 Å². The van der Waals surface area contributed by atoms with Crippen molar-refractivity contribution < 1.29 is 14.4 Å². The van der Waals surface area contributed by atoms with E-state index in [-0.39, 0.29) is 24.4 Å². The molecular weight excluding hydrogens is 354 g/mol. The van der Waals surface area contributed by atoms with Crippen LogP contribution in [0.5, 0.6) is 0 Å². The van der Waals surface area contributed by atoms with Crippen LogP contribution in [-0.4, -0.2) is 34.8 Å². The largest absolute Gasteiger partial charge is 0.348 e. The van der Waals surface area contributed by atoms with Crippen molar-refractivity contribution in [3.63, 3.8) is 0 Å². The molecule has 2 N–H and O–H groups in total. The molecule has 1 atom stereocenters. The lowest BCUT2D eigenvalue weighted by Gasteiger charge is -2.34. The molecule has 150 valence electrons. The molecule has 2 fully saturated rings. The number of rotatable bonds is 4. The molecule has 2 aliphatic carbocycles. The zero-order chi connectivity index (χ0) is 19.7. The number of nitrogens with one attached hydrogen (secondary N) is 2. The summed E-state index contributed by atoms with van der Waals surface area (Å²) in [5.74, 6) is 0.120. The van der Waals surface area contributed by atoms with Crippen molar-refractivity contribution in [2.45, 2.75) is 69.9 Å². The van der Waals surface area contributed by atoms with E-state index in [0.717, 1.165) is 49.0 Å². The molecule has 1 aromatic carbocycles. The van der Waals surface area contributed by atoms with Gasteiger partial charge in [0.2, 0.25) is 5.91 Å². The minimum atomic E-state index is -0.791. The van der Waals surface area contributed by atoms with Gasteiger partial charge in [0.05, 0.1) is 6.04 Å². The van der Waals surface area contributed by atoms with Gasteiger partial charge in [-0.15, -0.1) is 0 Å². The van der Waals surface area contributed by atoms with Crippen LogP contribution >= 0.6 is 0 Å². The van der Waals surface area contributed by atoms with Gasteiger partial charge in [-0.2, -0.15) is 0 Å². The minimum absolute atomic E-state index is 0.0489. The number of nitrogens with zero attached hydrogens (tertiary/aromatic N) is 1. The van der Waals surface area contributed by atoms with Crippen molar-refractivity contribution in [3.05, 3.63) is 35.4 Å².